The fourth-order valence-electron chi connectivity index (χ4n) is 4.62. The first kappa shape index (κ1) is 18.0. The zero-order valence-corrected chi connectivity index (χ0v) is 15.5. The molecule has 7 nitrogen and oxygen atoms in total. The van der Waals surface area contributed by atoms with Crippen molar-refractivity contribution in [3.63, 3.8) is 0 Å². The average molecular weight is 394 g/mol. The summed E-state index contributed by atoms with van der Waals surface area (Å²) in [5.74, 6) is -0.303. The molecule has 0 radical (unpaired) electrons. The predicted molar refractivity (Wildman–Crippen MR) is 101 cm³/mol. The fraction of sp³-hybridized carbons (Fsp3) is 0.381. The van der Waals surface area contributed by atoms with Crippen molar-refractivity contribution in [3.8, 4) is 17.2 Å². The van der Waals surface area contributed by atoms with E-state index >= 15 is 4.39 Å². The van der Waals surface area contributed by atoms with Gasteiger partial charge in [0.25, 0.3) is 0 Å². The van der Waals surface area contributed by atoms with Gasteiger partial charge in [-0.2, -0.15) is 5.26 Å². The third kappa shape index (κ3) is 2.55. The number of hydrogen-bond acceptors (Lipinski definition) is 6. The van der Waals surface area contributed by atoms with E-state index in [4.69, 9.17) is 15.2 Å². The molecule has 2 N–H and O–H groups in total. The second-order valence-electron chi connectivity index (χ2n) is 7.65. The van der Waals surface area contributed by atoms with Crippen LogP contribution in [-0.2, 0) is 14.9 Å². The van der Waals surface area contributed by atoms with E-state index in [-0.39, 0.29) is 24.9 Å². The first-order valence-corrected chi connectivity index (χ1v) is 9.52. The normalized spacial score (nSPS) is 30.0. The number of amides is 1. The third-order valence-corrected chi connectivity index (χ3v) is 6.22. The van der Waals surface area contributed by atoms with Crippen molar-refractivity contribution in [3.05, 3.63) is 48.0 Å². The Labute approximate surface area is 166 Å². The first-order valence-electron chi connectivity index (χ1n) is 9.52. The number of nitrogens with zero attached hydrogens (tertiary/aromatic N) is 3. The highest BCUT2D eigenvalue weighted by Gasteiger charge is 2.70. The summed E-state index contributed by atoms with van der Waals surface area (Å²) >= 11 is 0. The highest BCUT2D eigenvalue weighted by molar-refractivity contribution is 5.90. The van der Waals surface area contributed by atoms with E-state index < -0.39 is 23.4 Å². The largest absolute Gasteiger partial charge is 0.443 e. The van der Waals surface area contributed by atoms with Crippen LogP contribution in [0.5, 0.6) is 0 Å². The molecule has 0 spiro atoms. The minimum atomic E-state index is -0.729. The van der Waals surface area contributed by atoms with Crippen molar-refractivity contribution in [1.29, 1.82) is 5.26 Å². The molecular weight excluding hydrogens is 375 g/mol. The number of hydrogen-bond donors (Lipinski definition) is 1. The van der Waals surface area contributed by atoms with Gasteiger partial charge in [0.15, 0.2) is 0 Å². The van der Waals surface area contributed by atoms with Crippen LogP contribution in [0.15, 0.2) is 36.5 Å². The molecule has 0 bridgehead atoms. The monoisotopic (exact) mass is 394 g/mol. The van der Waals surface area contributed by atoms with Crippen molar-refractivity contribution in [2.45, 2.75) is 11.5 Å². The highest BCUT2D eigenvalue weighted by atomic mass is 19.1. The maximum atomic E-state index is 15.1. The minimum absolute atomic E-state index is 0.0936. The number of rotatable bonds is 4. The molecule has 2 aromatic rings. The van der Waals surface area contributed by atoms with Crippen molar-refractivity contribution in [2.24, 2.45) is 17.6 Å². The van der Waals surface area contributed by atoms with Crippen LogP contribution in [0.3, 0.4) is 0 Å². The molecule has 2 saturated heterocycles. The zero-order chi connectivity index (χ0) is 20.2. The molecule has 1 aromatic heterocycles. The summed E-state index contributed by atoms with van der Waals surface area (Å²) in [4.78, 5) is 17.9. The Morgan fingerprint density at radius 1 is 1.31 bits per heavy atom. The maximum Gasteiger partial charge on any atom is 0.414 e. The van der Waals surface area contributed by atoms with Gasteiger partial charge >= 0.3 is 6.09 Å². The molecule has 29 heavy (non-hydrogen) atoms. The Bertz CT molecular complexity index is 1030. The van der Waals surface area contributed by atoms with Crippen LogP contribution in [0.1, 0.15) is 5.69 Å². The number of nitrogens with two attached hydrogens (primary N) is 1. The number of nitriles is 1. The molecule has 3 atom stereocenters. The number of cyclic esters (lactones) is 1. The van der Waals surface area contributed by atoms with Crippen LogP contribution in [0.2, 0.25) is 0 Å². The molecule has 3 fully saturated rings. The van der Waals surface area contributed by atoms with Crippen molar-refractivity contribution in [1.82, 2.24) is 4.98 Å². The number of anilines is 1. The second kappa shape index (κ2) is 6.51. The zero-order valence-electron chi connectivity index (χ0n) is 15.5. The Morgan fingerprint density at radius 2 is 2.10 bits per heavy atom. The van der Waals surface area contributed by atoms with E-state index in [1.807, 2.05) is 0 Å². The number of carbonyl (C=O) groups is 1. The van der Waals surface area contributed by atoms with Gasteiger partial charge in [-0.3, -0.25) is 9.88 Å². The number of aromatic nitrogens is 1. The van der Waals surface area contributed by atoms with Gasteiger partial charge in [0.05, 0.1) is 37.2 Å². The lowest BCUT2D eigenvalue weighted by atomic mass is 9.90. The summed E-state index contributed by atoms with van der Waals surface area (Å²) < 4.78 is 25.7. The lowest BCUT2D eigenvalue weighted by molar-refractivity contribution is 0.145. The number of benzene rings is 1. The Hall–Kier alpha value is -3.02. The van der Waals surface area contributed by atoms with Crippen LogP contribution < -0.4 is 10.6 Å². The SMILES string of the molecule is N#CC1(c2ncccc2-c2ccc(N3C[C@H](CN)OC3=O)cc2F)C2COCC21. The van der Waals surface area contributed by atoms with Gasteiger partial charge in [-0.15, -0.1) is 0 Å². The van der Waals surface area contributed by atoms with Gasteiger partial charge in [0.2, 0.25) is 0 Å². The van der Waals surface area contributed by atoms with E-state index in [1.54, 1.807) is 30.5 Å². The highest BCUT2D eigenvalue weighted by Crippen LogP contribution is 2.63. The van der Waals surface area contributed by atoms with Gasteiger partial charge in [-0.05, 0) is 24.3 Å². The van der Waals surface area contributed by atoms with Crippen LogP contribution in [0.25, 0.3) is 11.1 Å². The van der Waals surface area contributed by atoms with Crippen LogP contribution >= 0.6 is 0 Å². The lowest BCUT2D eigenvalue weighted by Crippen LogP contribution is -2.27. The lowest BCUT2D eigenvalue weighted by Gasteiger charge is -2.18. The standard InChI is InChI=1S/C21H19FN4O3/c22-18-6-12(26-8-13(7-23)29-20(26)27)3-4-14(18)15-2-1-5-25-19(15)21(11-24)16-9-28-10-17(16)21/h1-6,13,16-17H,7-10,23H2/t13-,16?,17?,21?/m0/s1. The van der Waals surface area contributed by atoms with Gasteiger partial charge < -0.3 is 15.2 Å². The quantitative estimate of drug-likeness (QED) is 0.853. The average Bonchev–Trinajstić information content (AvgIpc) is 3.06. The number of carbonyl (C=O) groups excluding carboxylic acids is 1. The summed E-state index contributed by atoms with van der Waals surface area (Å²) in [7, 11) is 0. The van der Waals surface area contributed by atoms with Gasteiger partial charge in [0, 0.05) is 35.7 Å². The van der Waals surface area contributed by atoms with Crippen molar-refractivity contribution < 1.29 is 18.7 Å². The van der Waals surface area contributed by atoms with Crippen LogP contribution in [0, 0.1) is 29.0 Å². The third-order valence-electron chi connectivity index (χ3n) is 6.22. The molecular formula is C21H19FN4O3. The summed E-state index contributed by atoms with van der Waals surface area (Å²) in [5.41, 5.74) is 6.77. The topological polar surface area (TPSA) is 101 Å². The van der Waals surface area contributed by atoms with E-state index in [0.29, 0.717) is 35.7 Å². The molecule has 2 aliphatic heterocycles. The van der Waals surface area contributed by atoms with E-state index in [2.05, 4.69) is 11.1 Å². The molecule has 2 unspecified atom stereocenters. The molecule has 3 aliphatic rings. The number of fused-ring (bicyclic) bond motifs is 1. The van der Waals surface area contributed by atoms with Gasteiger partial charge in [-0.1, -0.05) is 6.07 Å². The van der Waals surface area contributed by atoms with Crippen LogP contribution in [-0.4, -0.2) is 43.5 Å². The number of halogens is 1. The number of ether oxygens (including phenoxy) is 2. The Kier molecular flexibility index (Phi) is 4.05. The van der Waals surface area contributed by atoms with E-state index in [1.165, 1.54) is 11.0 Å². The molecule has 1 aromatic carbocycles. The molecule has 5 rings (SSSR count). The second-order valence-corrected chi connectivity index (χ2v) is 7.65. The molecule has 1 aliphatic carbocycles. The molecule has 1 saturated carbocycles. The van der Waals surface area contributed by atoms with Crippen molar-refractivity contribution in [2.75, 3.05) is 31.2 Å². The summed E-state index contributed by atoms with van der Waals surface area (Å²) in [6.07, 6.45) is 0.692. The summed E-state index contributed by atoms with van der Waals surface area (Å²) in [5, 5.41) is 9.91. The van der Waals surface area contributed by atoms with E-state index in [9.17, 15) is 10.1 Å². The fourth-order valence-corrected chi connectivity index (χ4v) is 4.62. The molecule has 148 valence electrons. The Balaban J connectivity index is 1.52. The molecule has 1 amide bonds. The molecule has 3 heterocycles. The maximum absolute atomic E-state index is 15.1. The molecule has 8 heteroatoms. The van der Waals surface area contributed by atoms with Crippen LogP contribution in [0.4, 0.5) is 14.9 Å². The predicted octanol–water partition coefficient (Wildman–Crippen LogP) is 2.21. The Morgan fingerprint density at radius 3 is 2.76 bits per heavy atom. The van der Waals surface area contributed by atoms with Crippen molar-refractivity contribution >= 4 is 11.8 Å². The minimum Gasteiger partial charge on any atom is -0.443 e. The first-order chi connectivity index (χ1) is 14.1. The summed E-state index contributed by atoms with van der Waals surface area (Å²) in [6.45, 7) is 1.54. The summed E-state index contributed by atoms with van der Waals surface area (Å²) in [6, 6.07) is 10.5. The van der Waals surface area contributed by atoms with Gasteiger partial charge in [0.1, 0.15) is 17.3 Å². The number of pyridine rings is 1. The van der Waals surface area contributed by atoms with E-state index in [0.717, 1.165) is 0 Å². The smallest absolute Gasteiger partial charge is 0.414 e. The van der Waals surface area contributed by atoms with Gasteiger partial charge in [-0.25, -0.2) is 9.18 Å².